The smallest absolute Gasteiger partial charge is 0.184 e. The van der Waals surface area contributed by atoms with Crippen LogP contribution in [-0.4, -0.2) is 0 Å². The van der Waals surface area contributed by atoms with E-state index in [0.717, 1.165) is 0 Å². The van der Waals surface area contributed by atoms with Crippen molar-refractivity contribution in [2.75, 3.05) is 0 Å². The third-order valence-electron chi connectivity index (χ3n) is 0.720. The highest BCUT2D eigenvalue weighted by Crippen LogP contribution is 2.86. The third kappa shape index (κ3) is 4.11. The first-order valence-electron chi connectivity index (χ1n) is 2.40. The average Bonchev–Trinajstić information content (AvgIpc) is 1.44. The van der Waals surface area contributed by atoms with Gasteiger partial charge in [-0.1, -0.05) is 0 Å². The summed E-state index contributed by atoms with van der Waals surface area (Å²) in [5.74, 6) is 0. The molecule has 0 bridgehead atoms. The molecule has 0 aromatic heterocycles. The van der Waals surface area contributed by atoms with E-state index in [0.29, 0.717) is 0 Å². The number of hydrogen-bond donors (Lipinski definition) is 6. The molecule has 0 aromatic carbocycles. The van der Waals surface area contributed by atoms with Gasteiger partial charge in [-0.05, 0) is 0 Å². The minimum Gasteiger partial charge on any atom is -0.203 e. The average molecular weight is 333 g/mol. The van der Waals surface area contributed by atoms with Gasteiger partial charge >= 0.3 is 0 Å². The molecule has 0 amide bonds. The standard InChI is InChI=1S/H6N3P3S6/c7-4(8)1-5(9,10)3-6(11,12)2-4/h7-12H. The first-order chi connectivity index (χ1) is 5.12. The number of nitrogens with zero attached hydrogens (tertiary/aromatic N) is 3. The second-order valence-electron chi connectivity index (χ2n) is 1.88. The van der Waals surface area contributed by atoms with E-state index in [2.05, 4.69) is 87.0 Å². The zero-order valence-electron chi connectivity index (χ0n) is 5.37. The first-order valence-corrected chi connectivity index (χ1v) is 14.4. The van der Waals surface area contributed by atoms with E-state index in [9.17, 15) is 0 Å². The van der Waals surface area contributed by atoms with E-state index >= 15 is 0 Å². The Morgan fingerprint density at radius 3 is 0.833 bits per heavy atom. The number of thiol groups is 6. The number of rotatable bonds is 0. The van der Waals surface area contributed by atoms with Crippen molar-refractivity contribution in [2.24, 2.45) is 13.5 Å². The van der Waals surface area contributed by atoms with Crippen molar-refractivity contribution < 1.29 is 0 Å². The summed E-state index contributed by atoms with van der Waals surface area (Å²) in [6.07, 6.45) is 0. The van der Waals surface area contributed by atoms with Gasteiger partial charge in [-0.3, -0.25) is 0 Å². The fourth-order valence-electron chi connectivity index (χ4n) is 0.537. The van der Waals surface area contributed by atoms with Gasteiger partial charge in [0.2, 0.25) is 0 Å². The Labute approximate surface area is 103 Å². The highest BCUT2D eigenvalue weighted by Gasteiger charge is 2.24. The summed E-state index contributed by atoms with van der Waals surface area (Å²) in [5.41, 5.74) is -6.72. The largest absolute Gasteiger partial charge is 0.203 e. The maximum atomic E-state index is 4.19. The van der Waals surface area contributed by atoms with Crippen LogP contribution in [-0.2, 0) is 0 Å². The summed E-state index contributed by atoms with van der Waals surface area (Å²) in [6.45, 7) is 0. The van der Waals surface area contributed by atoms with Gasteiger partial charge in [0.1, 0.15) is 0 Å². The van der Waals surface area contributed by atoms with Gasteiger partial charge in [0.25, 0.3) is 0 Å². The Balaban J connectivity index is 3.46. The van der Waals surface area contributed by atoms with E-state index < -0.39 is 16.8 Å². The van der Waals surface area contributed by atoms with Gasteiger partial charge < -0.3 is 0 Å². The lowest BCUT2D eigenvalue weighted by molar-refractivity contribution is 1.82. The van der Waals surface area contributed by atoms with Crippen LogP contribution in [0.4, 0.5) is 0 Å². The van der Waals surface area contributed by atoms with E-state index in [1.165, 1.54) is 0 Å². The van der Waals surface area contributed by atoms with E-state index in [-0.39, 0.29) is 0 Å². The van der Waals surface area contributed by atoms with Crippen LogP contribution in [0.15, 0.2) is 13.5 Å². The molecule has 1 aliphatic rings. The molecule has 1 rings (SSSR count). The van der Waals surface area contributed by atoms with Crippen LogP contribution in [0, 0.1) is 0 Å². The van der Waals surface area contributed by atoms with Crippen molar-refractivity contribution in [3.8, 4) is 0 Å². The SMILES string of the molecule is SP1(S)=NP(S)(S)=NP(S)(S)=N1. The Morgan fingerprint density at radius 1 is 0.500 bits per heavy atom. The van der Waals surface area contributed by atoms with Crippen molar-refractivity contribution in [2.45, 2.75) is 0 Å². The van der Waals surface area contributed by atoms with Gasteiger partial charge in [0.05, 0.1) is 0 Å². The summed E-state index contributed by atoms with van der Waals surface area (Å²) in [7, 11) is 0. The molecule has 0 N–H and O–H groups in total. The van der Waals surface area contributed by atoms with E-state index in [1.54, 1.807) is 0 Å². The molecule has 0 saturated heterocycles. The Kier molecular flexibility index (Phi) is 4.27. The van der Waals surface area contributed by atoms with Crippen LogP contribution in [0.25, 0.3) is 0 Å². The summed E-state index contributed by atoms with van der Waals surface area (Å²) in [6, 6.07) is 0. The predicted molar refractivity (Wildman–Crippen MR) is 82.0 cm³/mol. The van der Waals surface area contributed by atoms with Gasteiger partial charge in [-0.25, -0.2) is 13.5 Å². The van der Waals surface area contributed by atoms with Crippen LogP contribution >= 0.6 is 90.3 Å². The zero-order valence-corrected chi connectivity index (χ0v) is 13.4. The van der Waals surface area contributed by atoms with Crippen molar-refractivity contribution in [1.29, 1.82) is 0 Å². The monoisotopic (exact) mass is 333 g/mol. The Bertz CT molecular complexity index is 275. The molecule has 72 valence electrons. The molecule has 0 atom stereocenters. The molecular formula is H6N3P3S6. The van der Waals surface area contributed by atoms with Crippen molar-refractivity contribution in [3.05, 3.63) is 0 Å². The van der Waals surface area contributed by atoms with Crippen LogP contribution in [0.3, 0.4) is 0 Å². The van der Waals surface area contributed by atoms with Crippen LogP contribution in [0.1, 0.15) is 0 Å². The molecule has 0 aliphatic carbocycles. The zero-order chi connectivity index (χ0) is 9.62. The van der Waals surface area contributed by atoms with E-state index in [1.807, 2.05) is 0 Å². The Morgan fingerprint density at radius 2 is 0.667 bits per heavy atom. The molecule has 12 heavy (non-hydrogen) atoms. The second kappa shape index (κ2) is 3.99. The second-order valence-corrected chi connectivity index (χ2v) is 20.1. The molecule has 3 nitrogen and oxygen atoms in total. The highest BCUT2D eigenvalue weighted by atomic mass is 33.1. The summed E-state index contributed by atoms with van der Waals surface area (Å²) in [4.78, 5) is 0. The summed E-state index contributed by atoms with van der Waals surface area (Å²) < 4.78 is 12.4. The molecule has 0 saturated carbocycles. The lowest BCUT2D eigenvalue weighted by Crippen LogP contribution is -1.62. The van der Waals surface area contributed by atoms with Crippen molar-refractivity contribution in [1.82, 2.24) is 0 Å². The lowest BCUT2D eigenvalue weighted by atomic mass is 13.8. The fraction of sp³-hybridized carbons (Fsp3) is 0. The Hall–Kier alpha value is 2.79. The molecular weight excluding hydrogens is 327 g/mol. The lowest BCUT2D eigenvalue weighted by Gasteiger charge is -2.21. The van der Waals surface area contributed by atoms with Crippen LogP contribution in [0.5, 0.6) is 0 Å². The molecule has 0 radical (unpaired) electrons. The minimum atomic E-state index is -2.24. The van der Waals surface area contributed by atoms with E-state index in [4.69, 9.17) is 0 Å². The minimum absolute atomic E-state index is 2.24. The van der Waals surface area contributed by atoms with Gasteiger partial charge in [0.15, 0.2) is 16.8 Å². The van der Waals surface area contributed by atoms with Gasteiger partial charge in [0, 0.05) is 0 Å². The molecule has 0 spiro atoms. The molecule has 1 heterocycles. The fourth-order valence-corrected chi connectivity index (χ4v) is 25.1. The normalized spacial score (nSPS) is 29.5. The number of hydrogen-bond acceptors (Lipinski definition) is 3. The van der Waals surface area contributed by atoms with Crippen LogP contribution < -0.4 is 0 Å². The van der Waals surface area contributed by atoms with Gasteiger partial charge in [-0.2, -0.15) is 0 Å². The highest BCUT2D eigenvalue weighted by molar-refractivity contribution is 8.91. The van der Waals surface area contributed by atoms with Crippen molar-refractivity contribution in [3.63, 3.8) is 0 Å². The quantitative estimate of drug-likeness (QED) is 0.253. The molecule has 12 heteroatoms. The van der Waals surface area contributed by atoms with Crippen molar-refractivity contribution >= 4 is 90.3 Å². The van der Waals surface area contributed by atoms with Gasteiger partial charge in [-0.15, -0.1) is 73.5 Å². The summed E-state index contributed by atoms with van der Waals surface area (Å²) >= 11 is 25.1. The predicted octanol–water partition coefficient (Wildman–Crippen LogP) is 5.42. The maximum absolute atomic E-state index is 4.19. The summed E-state index contributed by atoms with van der Waals surface area (Å²) in [5, 5.41) is 0. The topological polar surface area (TPSA) is 37.1 Å². The maximum Gasteiger partial charge on any atom is 0.184 e. The first kappa shape index (κ1) is 12.9. The molecule has 0 fully saturated rings. The molecule has 1 aliphatic heterocycles. The molecule has 0 aromatic rings. The third-order valence-corrected chi connectivity index (χ3v) is 15.1. The molecule has 0 unspecified atom stereocenters. The van der Waals surface area contributed by atoms with Crippen LogP contribution in [0.2, 0.25) is 0 Å².